The molecule has 0 aromatic carbocycles. The molecule has 0 amide bonds. The van der Waals surface area contributed by atoms with Crippen molar-refractivity contribution in [3.05, 3.63) is 0 Å². The maximum atomic E-state index is 11.2. The highest BCUT2D eigenvalue weighted by Gasteiger charge is 2.30. The SMILES string of the molecule is CC1CN(CCC(NC2CC2)C(=O)O)C(C)CO1. The first-order valence-corrected chi connectivity index (χ1v) is 6.90. The molecular formula is C13H24N2O3. The molecule has 0 bridgehead atoms. The summed E-state index contributed by atoms with van der Waals surface area (Å²) in [6.45, 7) is 6.67. The van der Waals surface area contributed by atoms with Gasteiger partial charge in [0.2, 0.25) is 0 Å². The molecule has 104 valence electrons. The molecule has 0 aromatic rings. The fourth-order valence-corrected chi connectivity index (χ4v) is 2.39. The second-order valence-electron chi connectivity index (χ2n) is 5.61. The first kappa shape index (κ1) is 13.8. The fraction of sp³-hybridized carbons (Fsp3) is 0.923. The van der Waals surface area contributed by atoms with Crippen LogP contribution in [0, 0.1) is 0 Å². The van der Waals surface area contributed by atoms with Crippen LogP contribution in [0.15, 0.2) is 0 Å². The molecule has 0 radical (unpaired) electrons. The average molecular weight is 256 g/mol. The van der Waals surface area contributed by atoms with Gasteiger partial charge < -0.3 is 15.2 Å². The Labute approximate surface area is 108 Å². The van der Waals surface area contributed by atoms with E-state index >= 15 is 0 Å². The number of hydrogen-bond donors (Lipinski definition) is 2. The van der Waals surface area contributed by atoms with E-state index in [1.807, 2.05) is 0 Å². The normalized spacial score (nSPS) is 31.2. The van der Waals surface area contributed by atoms with Crippen LogP contribution in [0.4, 0.5) is 0 Å². The molecule has 1 saturated heterocycles. The number of carboxylic acid groups (broad SMARTS) is 1. The van der Waals surface area contributed by atoms with Crippen LogP contribution in [0.1, 0.15) is 33.1 Å². The molecule has 1 heterocycles. The lowest BCUT2D eigenvalue weighted by atomic mass is 10.1. The number of carboxylic acids is 1. The number of carbonyl (C=O) groups is 1. The first-order valence-electron chi connectivity index (χ1n) is 6.90. The molecule has 0 aromatic heterocycles. The van der Waals surface area contributed by atoms with E-state index in [9.17, 15) is 9.90 Å². The fourth-order valence-electron chi connectivity index (χ4n) is 2.39. The van der Waals surface area contributed by atoms with Crippen LogP contribution < -0.4 is 5.32 Å². The zero-order chi connectivity index (χ0) is 13.1. The van der Waals surface area contributed by atoms with Gasteiger partial charge in [-0.05, 0) is 33.1 Å². The monoisotopic (exact) mass is 256 g/mol. The molecule has 1 saturated carbocycles. The summed E-state index contributed by atoms with van der Waals surface area (Å²) in [5, 5.41) is 12.4. The third-order valence-electron chi connectivity index (χ3n) is 3.75. The van der Waals surface area contributed by atoms with Crippen LogP contribution >= 0.6 is 0 Å². The summed E-state index contributed by atoms with van der Waals surface area (Å²) in [6.07, 6.45) is 3.16. The van der Waals surface area contributed by atoms with E-state index in [1.54, 1.807) is 0 Å². The molecule has 3 unspecified atom stereocenters. The predicted octanol–water partition coefficient (Wildman–Crippen LogP) is 0.691. The van der Waals surface area contributed by atoms with Gasteiger partial charge >= 0.3 is 5.97 Å². The third kappa shape index (κ3) is 3.93. The molecule has 3 atom stereocenters. The molecule has 0 spiro atoms. The summed E-state index contributed by atoms with van der Waals surface area (Å²) in [6, 6.07) is 0.423. The highest BCUT2D eigenvalue weighted by atomic mass is 16.5. The Kier molecular flexibility index (Phi) is 4.59. The van der Waals surface area contributed by atoms with Crippen molar-refractivity contribution >= 4 is 5.97 Å². The molecule has 18 heavy (non-hydrogen) atoms. The highest BCUT2D eigenvalue weighted by Crippen LogP contribution is 2.20. The third-order valence-corrected chi connectivity index (χ3v) is 3.75. The number of morpholine rings is 1. The van der Waals surface area contributed by atoms with E-state index in [1.165, 1.54) is 0 Å². The molecule has 2 rings (SSSR count). The van der Waals surface area contributed by atoms with Gasteiger partial charge in [0, 0.05) is 25.2 Å². The van der Waals surface area contributed by atoms with Crippen LogP contribution in [0.25, 0.3) is 0 Å². The van der Waals surface area contributed by atoms with E-state index in [4.69, 9.17) is 4.74 Å². The minimum atomic E-state index is -0.726. The first-order chi connectivity index (χ1) is 8.56. The number of hydrogen-bond acceptors (Lipinski definition) is 4. The van der Waals surface area contributed by atoms with Gasteiger partial charge in [-0.25, -0.2) is 0 Å². The maximum Gasteiger partial charge on any atom is 0.320 e. The van der Waals surface area contributed by atoms with E-state index < -0.39 is 12.0 Å². The van der Waals surface area contributed by atoms with Gasteiger partial charge in [0.25, 0.3) is 0 Å². The average Bonchev–Trinajstić information content (AvgIpc) is 3.12. The predicted molar refractivity (Wildman–Crippen MR) is 68.6 cm³/mol. The quantitative estimate of drug-likeness (QED) is 0.732. The zero-order valence-corrected chi connectivity index (χ0v) is 11.3. The molecule has 2 N–H and O–H groups in total. The molecule has 5 nitrogen and oxygen atoms in total. The summed E-state index contributed by atoms with van der Waals surface area (Å²) in [5.74, 6) is -0.726. The molecular weight excluding hydrogens is 232 g/mol. The Hall–Kier alpha value is -0.650. The standard InChI is InChI=1S/C13H24N2O3/c1-9-8-18-10(2)7-15(9)6-5-12(13(16)17)14-11-3-4-11/h9-12,14H,3-8H2,1-2H3,(H,16,17). The van der Waals surface area contributed by atoms with E-state index in [0.717, 1.165) is 32.5 Å². The Morgan fingerprint density at radius 3 is 2.83 bits per heavy atom. The van der Waals surface area contributed by atoms with Crippen molar-refractivity contribution in [1.29, 1.82) is 0 Å². The lowest BCUT2D eigenvalue weighted by Crippen LogP contribution is -2.49. The van der Waals surface area contributed by atoms with E-state index in [0.29, 0.717) is 18.5 Å². The Balaban J connectivity index is 1.78. The highest BCUT2D eigenvalue weighted by molar-refractivity contribution is 5.73. The Morgan fingerprint density at radius 1 is 1.50 bits per heavy atom. The summed E-state index contributed by atoms with van der Waals surface area (Å²) >= 11 is 0. The van der Waals surface area contributed by atoms with Crippen molar-refractivity contribution in [3.8, 4) is 0 Å². The molecule has 5 heteroatoms. The molecule has 1 aliphatic carbocycles. The Bertz CT molecular complexity index is 294. The van der Waals surface area contributed by atoms with E-state index in [-0.39, 0.29) is 6.10 Å². The van der Waals surface area contributed by atoms with Gasteiger partial charge in [0.1, 0.15) is 6.04 Å². The van der Waals surface area contributed by atoms with Gasteiger partial charge in [-0.3, -0.25) is 9.69 Å². The van der Waals surface area contributed by atoms with Crippen molar-refractivity contribution in [1.82, 2.24) is 10.2 Å². The van der Waals surface area contributed by atoms with Crippen LogP contribution in [0.2, 0.25) is 0 Å². The van der Waals surface area contributed by atoms with Crippen molar-refractivity contribution in [3.63, 3.8) is 0 Å². The van der Waals surface area contributed by atoms with Crippen molar-refractivity contribution in [2.45, 2.75) is 57.3 Å². The lowest BCUT2D eigenvalue weighted by Gasteiger charge is -2.37. The Morgan fingerprint density at radius 2 is 2.22 bits per heavy atom. The largest absolute Gasteiger partial charge is 0.480 e. The number of aliphatic carboxylic acids is 1. The zero-order valence-electron chi connectivity index (χ0n) is 11.3. The molecule has 1 aliphatic heterocycles. The van der Waals surface area contributed by atoms with Gasteiger partial charge in [0.05, 0.1) is 12.7 Å². The summed E-state index contributed by atoms with van der Waals surface area (Å²) < 4.78 is 5.58. The summed E-state index contributed by atoms with van der Waals surface area (Å²) in [4.78, 5) is 13.5. The topological polar surface area (TPSA) is 61.8 Å². The number of ether oxygens (including phenoxy) is 1. The number of nitrogens with one attached hydrogen (secondary N) is 1. The second-order valence-corrected chi connectivity index (χ2v) is 5.61. The summed E-state index contributed by atoms with van der Waals surface area (Å²) in [7, 11) is 0. The van der Waals surface area contributed by atoms with E-state index in [2.05, 4.69) is 24.1 Å². The lowest BCUT2D eigenvalue weighted by molar-refractivity contribution is -0.140. The minimum absolute atomic E-state index is 0.251. The van der Waals surface area contributed by atoms with Crippen LogP contribution in [0.3, 0.4) is 0 Å². The smallest absolute Gasteiger partial charge is 0.320 e. The van der Waals surface area contributed by atoms with Gasteiger partial charge in [-0.2, -0.15) is 0 Å². The minimum Gasteiger partial charge on any atom is -0.480 e. The van der Waals surface area contributed by atoms with Crippen LogP contribution in [-0.4, -0.2) is 59.9 Å². The molecule has 2 fully saturated rings. The number of nitrogens with zero attached hydrogens (tertiary/aromatic N) is 1. The second kappa shape index (κ2) is 5.99. The van der Waals surface area contributed by atoms with Crippen LogP contribution in [-0.2, 0) is 9.53 Å². The molecule has 2 aliphatic rings. The van der Waals surface area contributed by atoms with Gasteiger partial charge in [-0.1, -0.05) is 0 Å². The maximum absolute atomic E-state index is 11.2. The van der Waals surface area contributed by atoms with Crippen LogP contribution in [0.5, 0.6) is 0 Å². The van der Waals surface area contributed by atoms with Crippen molar-refractivity contribution in [2.75, 3.05) is 19.7 Å². The van der Waals surface area contributed by atoms with Crippen molar-refractivity contribution in [2.24, 2.45) is 0 Å². The van der Waals surface area contributed by atoms with Gasteiger partial charge in [0.15, 0.2) is 0 Å². The van der Waals surface area contributed by atoms with Gasteiger partial charge in [-0.15, -0.1) is 0 Å². The number of rotatable bonds is 6. The van der Waals surface area contributed by atoms with Crippen molar-refractivity contribution < 1.29 is 14.6 Å². The summed E-state index contributed by atoms with van der Waals surface area (Å²) in [5.41, 5.74) is 0.